The highest BCUT2D eigenvalue weighted by atomic mass is 79.9. The van der Waals surface area contributed by atoms with Crippen LogP contribution < -0.4 is 4.90 Å². The summed E-state index contributed by atoms with van der Waals surface area (Å²) in [5.74, 6) is 0.333. The van der Waals surface area contributed by atoms with Crippen molar-refractivity contribution in [2.45, 2.75) is 31.0 Å². The van der Waals surface area contributed by atoms with Gasteiger partial charge in [0, 0.05) is 27.9 Å². The molecule has 1 atom stereocenters. The van der Waals surface area contributed by atoms with Crippen LogP contribution in [0.3, 0.4) is 0 Å². The summed E-state index contributed by atoms with van der Waals surface area (Å²) in [6.45, 7) is 0.958. The highest BCUT2D eigenvalue weighted by Crippen LogP contribution is 2.51. The van der Waals surface area contributed by atoms with Crippen LogP contribution in [0, 0.1) is 5.92 Å². The second-order valence-electron chi connectivity index (χ2n) is 8.53. The number of anilines is 1. The van der Waals surface area contributed by atoms with E-state index in [0.29, 0.717) is 23.4 Å². The molecule has 180 valence electrons. The number of alkyl halides is 3. The number of carbonyl (C=O) groups is 1. The maximum absolute atomic E-state index is 14.3. The Hall–Kier alpha value is -1.68. The zero-order chi connectivity index (χ0) is 24.4. The van der Waals surface area contributed by atoms with E-state index in [-0.39, 0.29) is 38.2 Å². The molecule has 0 spiro atoms. The van der Waals surface area contributed by atoms with Gasteiger partial charge >= 0.3 is 6.18 Å². The summed E-state index contributed by atoms with van der Waals surface area (Å²) in [5.41, 5.74) is -1.59. The smallest absolute Gasteiger partial charge is 0.374 e. The molecular formula is C22H16BrCl3F3N3O2. The molecule has 0 N–H and O–H groups in total. The molecular weight excluding hydrogens is 582 g/mol. The largest absolute Gasteiger partial charge is 0.435 e. The summed E-state index contributed by atoms with van der Waals surface area (Å²) >= 11 is 21.4. The number of benzene rings is 2. The first-order valence-corrected chi connectivity index (χ1v) is 12.2. The highest BCUT2D eigenvalue weighted by molar-refractivity contribution is 9.10. The van der Waals surface area contributed by atoms with Crippen LogP contribution in [-0.4, -0.2) is 36.0 Å². The first-order valence-electron chi connectivity index (χ1n) is 10.3. The molecule has 0 aromatic heterocycles. The standard InChI is InChI=1S/C22H16BrCl3F3N3O2/c23-14-5-12(3-4-18(14)31-9-32(10-31)20(33)11-1-2-11)17-8-21(34-30-17,22(27,28)29)13-6-15(24)19(26)16(25)7-13/h3-7,11H,1-2,8-10H2. The lowest BCUT2D eigenvalue weighted by atomic mass is 9.86. The first kappa shape index (κ1) is 24.0. The van der Waals surface area contributed by atoms with Crippen molar-refractivity contribution >= 4 is 68.0 Å². The van der Waals surface area contributed by atoms with Crippen molar-refractivity contribution < 1.29 is 22.8 Å². The maximum Gasteiger partial charge on any atom is 0.435 e. The average molecular weight is 598 g/mol. The van der Waals surface area contributed by atoms with Gasteiger partial charge in [0.15, 0.2) is 0 Å². The fourth-order valence-corrected chi connectivity index (χ4v) is 5.27. The minimum atomic E-state index is -4.80. The zero-order valence-electron chi connectivity index (χ0n) is 17.3. The van der Waals surface area contributed by atoms with Gasteiger partial charge in [0.05, 0.1) is 39.8 Å². The van der Waals surface area contributed by atoms with Crippen LogP contribution in [-0.2, 0) is 15.2 Å². The number of hydrogen-bond donors (Lipinski definition) is 0. The minimum Gasteiger partial charge on any atom is -0.374 e. The number of amides is 1. The van der Waals surface area contributed by atoms with Crippen molar-refractivity contribution in [1.29, 1.82) is 0 Å². The Labute approximate surface area is 216 Å². The monoisotopic (exact) mass is 595 g/mol. The number of nitrogens with zero attached hydrogens (tertiary/aromatic N) is 3. The van der Waals surface area contributed by atoms with Crippen LogP contribution in [0.1, 0.15) is 30.4 Å². The van der Waals surface area contributed by atoms with Crippen molar-refractivity contribution in [2.75, 3.05) is 18.2 Å². The van der Waals surface area contributed by atoms with Crippen molar-refractivity contribution in [3.8, 4) is 0 Å². The molecule has 0 radical (unpaired) electrons. The van der Waals surface area contributed by atoms with Crippen LogP contribution in [0.2, 0.25) is 15.1 Å². The summed E-state index contributed by atoms with van der Waals surface area (Å²) in [6.07, 6.45) is -3.47. The summed E-state index contributed by atoms with van der Waals surface area (Å²) in [6, 6.07) is 7.35. The van der Waals surface area contributed by atoms with E-state index >= 15 is 0 Å². The van der Waals surface area contributed by atoms with Crippen molar-refractivity contribution in [1.82, 2.24) is 4.90 Å². The lowest BCUT2D eigenvalue weighted by molar-refractivity contribution is -0.275. The van der Waals surface area contributed by atoms with Crippen molar-refractivity contribution in [3.63, 3.8) is 0 Å². The summed E-state index contributed by atoms with van der Waals surface area (Å²) in [4.78, 5) is 21.0. The van der Waals surface area contributed by atoms with Gasteiger partial charge in [0.1, 0.15) is 0 Å². The maximum atomic E-state index is 14.3. The van der Waals surface area contributed by atoms with E-state index in [1.165, 1.54) is 0 Å². The Morgan fingerprint density at radius 3 is 2.32 bits per heavy atom. The molecule has 1 saturated carbocycles. The van der Waals surface area contributed by atoms with Crippen molar-refractivity contribution in [3.05, 3.63) is 61.0 Å². The van der Waals surface area contributed by atoms with Gasteiger partial charge in [-0.1, -0.05) is 46.0 Å². The van der Waals surface area contributed by atoms with E-state index < -0.39 is 18.2 Å². The number of halogens is 7. The fraction of sp³-hybridized carbons (Fsp3) is 0.364. The second kappa shape index (κ2) is 8.47. The van der Waals surface area contributed by atoms with Gasteiger partial charge in [-0.25, -0.2) is 0 Å². The summed E-state index contributed by atoms with van der Waals surface area (Å²) < 4.78 is 43.4. The van der Waals surface area contributed by atoms with E-state index in [1.807, 2.05) is 4.90 Å². The predicted octanol–water partition coefficient (Wildman–Crippen LogP) is 6.97. The Balaban J connectivity index is 1.37. The number of hydrogen-bond acceptors (Lipinski definition) is 4. The number of carbonyl (C=O) groups excluding carboxylic acids is 1. The summed E-state index contributed by atoms with van der Waals surface area (Å²) in [7, 11) is 0. The third-order valence-corrected chi connectivity index (χ3v) is 8.01. The molecule has 3 aliphatic rings. The molecule has 0 bridgehead atoms. The first-order chi connectivity index (χ1) is 16.0. The SMILES string of the molecule is O=C(C1CC1)N1CN(c2ccc(C3=NOC(c4cc(Cl)c(Cl)c(Cl)c4)(C(F)(F)F)C3)cc2Br)C1. The molecule has 2 aromatic carbocycles. The lowest BCUT2D eigenvalue weighted by Crippen LogP contribution is -2.58. The zero-order valence-corrected chi connectivity index (χ0v) is 21.2. The van der Waals surface area contributed by atoms with E-state index in [1.54, 1.807) is 23.1 Å². The molecule has 5 nitrogen and oxygen atoms in total. The van der Waals surface area contributed by atoms with Gasteiger partial charge in [-0.2, -0.15) is 13.2 Å². The van der Waals surface area contributed by atoms with Gasteiger partial charge in [0.2, 0.25) is 5.91 Å². The van der Waals surface area contributed by atoms with Gasteiger partial charge in [-0.05, 0) is 53.0 Å². The Bertz CT molecular complexity index is 1190. The fourth-order valence-electron chi connectivity index (χ4n) is 4.04. The Morgan fingerprint density at radius 2 is 1.76 bits per heavy atom. The number of oxime groups is 1. The molecule has 2 aliphatic heterocycles. The molecule has 1 saturated heterocycles. The third-order valence-electron chi connectivity index (χ3n) is 6.18. The van der Waals surface area contributed by atoms with Crippen LogP contribution in [0.25, 0.3) is 0 Å². The Morgan fingerprint density at radius 1 is 1.12 bits per heavy atom. The van der Waals surface area contributed by atoms with Crippen molar-refractivity contribution in [2.24, 2.45) is 11.1 Å². The van der Waals surface area contributed by atoms with Gasteiger partial charge in [-0.15, -0.1) is 0 Å². The minimum absolute atomic E-state index is 0.0357. The molecule has 1 aliphatic carbocycles. The quantitative estimate of drug-likeness (QED) is 0.358. The van der Waals surface area contributed by atoms with E-state index in [2.05, 4.69) is 21.1 Å². The molecule has 1 unspecified atom stereocenters. The van der Waals surface area contributed by atoms with Gasteiger partial charge < -0.3 is 14.6 Å². The molecule has 2 fully saturated rings. The van der Waals surface area contributed by atoms with Gasteiger partial charge in [-0.3, -0.25) is 4.79 Å². The molecule has 34 heavy (non-hydrogen) atoms. The Kier molecular flexibility index (Phi) is 5.98. The molecule has 1 amide bonds. The van der Waals surface area contributed by atoms with Crippen LogP contribution in [0.4, 0.5) is 18.9 Å². The van der Waals surface area contributed by atoms with E-state index in [0.717, 1.165) is 30.7 Å². The molecule has 12 heteroatoms. The molecule has 2 heterocycles. The lowest BCUT2D eigenvalue weighted by Gasteiger charge is -2.44. The highest BCUT2D eigenvalue weighted by Gasteiger charge is 2.62. The molecule has 2 aromatic rings. The van der Waals surface area contributed by atoms with Crippen LogP contribution in [0.5, 0.6) is 0 Å². The average Bonchev–Trinajstić information content (AvgIpc) is 3.48. The normalized spacial score (nSPS) is 22.4. The molecule has 5 rings (SSSR count). The van der Waals surface area contributed by atoms with Crippen LogP contribution >= 0.6 is 50.7 Å². The van der Waals surface area contributed by atoms with E-state index in [4.69, 9.17) is 39.6 Å². The summed E-state index contributed by atoms with van der Waals surface area (Å²) in [5, 5.41) is 3.53. The number of rotatable bonds is 4. The van der Waals surface area contributed by atoms with E-state index in [9.17, 15) is 18.0 Å². The third kappa shape index (κ3) is 4.04. The van der Waals surface area contributed by atoms with Crippen LogP contribution in [0.15, 0.2) is 40.0 Å². The van der Waals surface area contributed by atoms with Gasteiger partial charge in [0.25, 0.3) is 5.60 Å². The topological polar surface area (TPSA) is 45.1 Å². The second-order valence-corrected chi connectivity index (χ2v) is 10.6. The predicted molar refractivity (Wildman–Crippen MR) is 127 cm³/mol.